The van der Waals surface area contributed by atoms with Gasteiger partial charge in [0.1, 0.15) is 6.33 Å². The fourth-order valence-electron chi connectivity index (χ4n) is 3.11. The van der Waals surface area contributed by atoms with E-state index in [-0.39, 0.29) is 23.0 Å². The summed E-state index contributed by atoms with van der Waals surface area (Å²) in [6.45, 7) is 1.60. The fraction of sp³-hybridized carbons (Fsp3) is 0.136. The predicted molar refractivity (Wildman–Crippen MR) is 115 cm³/mol. The second-order valence-electron chi connectivity index (χ2n) is 6.83. The van der Waals surface area contributed by atoms with E-state index in [4.69, 9.17) is 0 Å². The number of pyridine rings is 1. The first kappa shape index (κ1) is 19.8. The first-order valence-corrected chi connectivity index (χ1v) is 11.1. The molecule has 2 aromatic heterocycles. The van der Waals surface area contributed by atoms with Crippen LogP contribution in [0.3, 0.4) is 0 Å². The van der Waals surface area contributed by atoms with Crippen molar-refractivity contribution < 1.29 is 13.2 Å². The summed E-state index contributed by atoms with van der Waals surface area (Å²) in [4.78, 5) is 16.8. The number of nitrogens with one attached hydrogen (secondary N) is 1. The number of benzene rings is 2. The van der Waals surface area contributed by atoms with Crippen molar-refractivity contribution >= 4 is 27.1 Å². The number of aromatic nitrogens is 3. The summed E-state index contributed by atoms with van der Waals surface area (Å²) in [5.74, 6) is -0.125. The van der Waals surface area contributed by atoms with Gasteiger partial charge in [0.2, 0.25) is 5.91 Å². The molecule has 0 bridgehead atoms. The van der Waals surface area contributed by atoms with E-state index >= 15 is 0 Å². The average Bonchev–Trinajstić information content (AvgIpc) is 3.22. The number of fused-ring (bicyclic) bond motifs is 1. The third-order valence-electron chi connectivity index (χ3n) is 4.81. The van der Waals surface area contributed by atoms with Gasteiger partial charge in [0.15, 0.2) is 15.5 Å². The minimum Gasteiger partial charge on any atom is -0.326 e. The van der Waals surface area contributed by atoms with Crippen LogP contribution in [0.2, 0.25) is 0 Å². The lowest BCUT2D eigenvalue weighted by atomic mass is 10.0. The Morgan fingerprint density at radius 3 is 2.43 bits per heavy atom. The number of hydrogen-bond acceptors (Lipinski definition) is 5. The number of carbonyl (C=O) groups is 1. The third-order valence-corrected chi connectivity index (χ3v) is 6.56. The van der Waals surface area contributed by atoms with Crippen LogP contribution in [0.15, 0.2) is 78.1 Å². The molecule has 152 valence electrons. The molecule has 1 N–H and O–H groups in total. The van der Waals surface area contributed by atoms with E-state index in [1.54, 1.807) is 23.6 Å². The highest BCUT2D eigenvalue weighted by atomic mass is 32.2. The molecule has 2 aromatic carbocycles. The van der Waals surface area contributed by atoms with Crippen LogP contribution >= 0.6 is 0 Å². The van der Waals surface area contributed by atoms with Crippen molar-refractivity contribution in [2.75, 3.05) is 11.1 Å². The fourth-order valence-corrected chi connectivity index (χ4v) is 4.00. The summed E-state index contributed by atoms with van der Waals surface area (Å²) in [7, 11) is -3.25. The van der Waals surface area contributed by atoms with Crippen LogP contribution in [0.1, 0.15) is 12.5 Å². The number of carbonyl (C=O) groups excluding carboxylic acids is 1. The van der Waals surface area contributed by atoms with Gasteiger partial charge in [0.25, 0.3) is 0 Å². The standard InChI is InChI=1S/C22H20N4O3S/c1-2-30(28,29)20-9-7-19(8-10-20)25-22(27)13-16-3-5-17(6-4-16)18-11-12-26-21(14-18)23-15-24-26/h3-12,14-15H,2,13H2,1H3,(H,25,27). The molecule has 0 saturated carbocycles. The Labute approximate surface area is 174 Å². The van der Waals surface area contributed by atoms with Crippen LogP contribution in [0, 0.1) is 0 Å². The van der Waals surface area contributed by atoms with Gasteiger partial charge in [-0.05, 0) is 53.1 Å². The lowest BCUT2D eigenvalue weighted by molar-refractivity contribution is -0.115. The van der Waals surface area contributed by atoms with Gasteiger partial charge < -0.3 is 5.32 Å². The van der Waals surface area contributed by atoms with Crippen LogP contribution in [0.5, 0.6) is 0 Å². The van der Waals surface area contributed by atoms with Gasteiger partial charge in [-0.15, -0.1) is 0 Å². The Morgan fingerprint density at radius 2 is 1.73 bits per heavy atom. The number of rotatable bonds is 6. The highest BCUT2D eigenvalue weighted by molar-refractivity contribution is 7.91. The van der Waals surface area contributed by atoms with Crippen molar-refractivity contribution in [1.82, 2.24) is 14.6 Å². The van der Waals surface area contributed by atoms with Gasteiger partial charge >= 0.3 is 0 Å². The van der Waals surface area contributed by atoms with E-state index in [0.717, 1.165) is 22.3 Å². The maximum Gasteiger partial charge on any atom is 0.228 e. The van der Waals surface area contributed by atoms with Crippen molar-refractivity contribution in [3.05, 3.63) is 78.8 Å². The second kappa shape index (κ2) is 8.08. The maximum atomic E-state index is 12.3. The van der Waals surface area contributed by atoms with E-state index in [9.17, 15) is 13.2 Å². The molecule has 1 amide bonds. The number of amides is 1. The van der Waals surface area contributed by atoms with Crippen LogP contribution in [-0.4, -0.2) is 34.7 Å². The second-order valence-corrected chi connectivity index (χ2v) is 9.11. The summed E-state index contributed by atoms with van der Waals surface area (Å²) in [5, 5.41) is 6.89. The average molecular weight is 420 g/mol. The Kier molecular flexibility index (Phi) is 5.33. The molecule has 0 saturated heterocycles. The Balaban J connectivity index is 1.41. The molecule has 0 fully saturated rings. The summed E-state index contributed by atoms with van der Waals surface area (Å²) < 4.78 is 25.4. The lowest BCUT2D eigenvalue weighted by Gasteiger charge is -2.08. The highest BCUT2D eigenvalue weighted by Gasteiger charge is 2.11. The molecule has 2 heterocycles. The Bertz CT molecular complexity index is 1290. The molecular weight excluding hydrogens is 400 g/mol. The van der Waals surface area contributed by atoms with Gasteiger partial charge in [-0.25, -0.2) is 17.9 Å². The van der Waals surface area contributed by atoms with Crippen molar-refractivity contribution in [3.63, 3.8) is 0 Å². The lowest BCUT2D eigenvalue weighted by Crippen LogP contribution is -2.14. The number of sulfone groups is 1. The number of nitrogens with zero attached hydrogens (tertiary/aromatic N) is 3. The summed E-state index contributed by atoms with van der Waals surface area (Å²) in [6.07, 6.45) is 3.59. The van der Waals surface area contributed by atoms with Gasteiger partial charge in [0.05, 0.1) is 17.1 Å². The molecular formula is C22H20N4O3S. The summed E-state index contributed by atoms with van der Waals surface area (Å²) >= 11 is 0. The van der Waals surface area contributed by atoms with E-state index in [2.05, 4.69) is 15.4 Å². The maximum absolute atomic E-state index is 12.3. The molecule has 0 aliphatic rings. The molecule has 7 nitrogen and oxygen atoms in total. The quantitative estimate of drug-likeness (QED) is 0.516. The number of hydrogen-bond donors (Lipinski definition) is 1. The SMILES string of the molecule is CCS(=O)(=O)c1ccc(NC(=O)Cc2ccc(-c3ccn4ncnc4c3)cc2)cc1. The molecule has 30 heavy (non-hydrogen) atoms. The van der Waals surface area contributed by atoms with Gasteiger partial charge in [-0.2, -0.15) is 5.10 Å². The van der Waals surface area contributed by atoms with E-state index in [1.807, 2.05) is 42.6 Å². The highest BCUT2D eigenvalue weighted by Crippen LogP contribution is 2.21. The molecule has 8 heteroatoms. The Hall–Kier alpha value is -3.52. The normalized spacial score (nSPS) is 11.5. The topological polar surface area (TPSA) is 93.4 Å². The third kappa shape index (κ3) is 4.23. The van der Waals surface area contributed by atoms with Gasteiger partial charge in [0, 0.05) is 11.9 Å². The smallest absolute Gasteiger partial charge is 0.228 e. The molecule has 0 radical (unpaired) electrons. The Morgan fingerprint density at radius 1 is 1.00 bits per heavy atom. The van der Waals surface area contributed by atoms with Gasteiger partial charge in [-0.3, -0.25) is 4.79 Å². The number of anilines is 1. The van der Waals surface area contributed by atoms with Crippen molar-refractivity contribution in [2.45, 2.75) is 18.2 Å². The van der Waals surface area contributed by atoms with E-state index in [1.165, 1.54) is 18.5 Å². The van der Waals surface area contributed by atoms with Crippen molar-refractivity contribution in [3.8, 4) is 11.1 Å². The molecule has 0 atom stereocenters. The van der Waals surface area contributed by atoms with Crippen LogP contribution < -0.4 is 5.32 Å². The first-order valence-electron chi connectivity index (χ1n) is 9.46. The minimum absolute atomic E-state index is 0.0432. The summed E-state index contributed by atoms with van der Waals surface area (Å²) in [5.41, 5.74) is 4.26. The van der Waals surface area contributed by atoms with Crippen LogP contribution in [-0.2, 0) is 21.1 Å². The summed E-state index contributed by atoms with van der Waals surface area (Å²) in [6, 6.07) is 17.9. The molecule has 0 aliphatic carbocycles. The first-order chi connectivity index (χ1) is 14.4. The predicted octanol–water partition coefficient (Wildman–Crippen LogP) is 3.37. The minimum atomic E-state index is -3.25. The van der Waals surface area contributed by atoms with Crippen LogP contribution in [0.25, 0.3) is 16.8 Å². The van der Waals surface area contributed by atoms with Crippen LogP contribution in [0.4, 0.5) is 5.69 Å². The molecule has 0 spiro atoms. The largest absolute Gasteiger partial charge is 0.326 e. The molecule has 4 aromatic rings. The zero-order valence-electron chi connectivity index (χ0n) is 16.3. The van der Waals surface area contributed by atoms with E-state index < -0.39 is 9.84 Å². The zero-order chi connectivity index (χ0) is 21.1. The zero-order valence-corrected chi connectivity index (χ0v) is 17.1. The van der Waals surface area contributed by atoms with Crippen molar-refractivity contribution in [2.24, 2.45) is 0 Å². The monoisotopic (exact) mass is 420 g/mol. The molecule has 0 aliphatic heterocycles. The molecule has 0 unspecified atom stereocenters. The van der Waals surface area contributed by atoms with Gasteiger partial charge in [-0.1, -0.05) is 31.2 Å². The van der Waals surface area contributed by atoms with Crippen molar-refractivity contribution in [1.29, 1.82) is 0 Å². The van der Waals surface area contributed by atoms with E-state index in [0.29, 0.717) is 5.69 Å². The molecule has 4 rings (SSSR count).